The van der Waals surface area contributed by atoms with Gasteiger partial charge in [-0.3, -0.25) is 4.79 Å². The molecule has 2 rings (SSSR count). The van der Waals surface area contributed by atoms with Crippen LogP contribution in [0, 0.1) is 5.92 Å². The van der Waals surface area contributed by atoms with Crippen molar-refractivity contribution in [3.63, 3.8) is 0 Å². The Kier molecular flexibility index (Phi) is 4.97. The largest absolute Gasteiger partial charge is 0.326 e. The highest BCUT2D eigenvalue weighted by Crippen LogP contribution is 2.20. The van der Waals surface area contributed by atoms with Crippen LogP contribution in [0.3, 0.4) is 0 Å². The number of carbonyl (C=O) groups is 1. The summed E-state index contributed by atoms with van der Waals surface area (Å²) in [6, 6.07) is 8.35. The molecule has 2 atom stereocenters. The molecule has 1 aliphatic heterocycles. The van der Waals surface area contributed by atoms with Gasteiger partial charge in [0.15, 0.2) is 0 Å². The molecule has 2 unspecified atom stereocenters. The minimum atomic E-state index is 0.118. The van der Waals surface area contributed by atoms with Gasteiger partial charge in [0.05, 0.1) is 0 Å². The summed E-state index contributed by atoms with van der Waals surface area (Å²) in [5.74, 6) is 0.702. The standard InChI is InChI=1S/C16H24N2O/c1-3-13-8-4-5-9-14(13)18-16(19)11-15-12(2)7-6-10-17-15/h4-5,8-9,12,15,17H,3,6-7,10-11H2,1-2H3,(H,18,19). The normalized spacial score (nSPS) is 23.1. The number of hydrogen-bond acceptors (Lipinski definition) is 2. The van der Waals surface area contributed by atoms with Gasteiger partial charge in [0.1, 0.15) is 0 Å². The average Bonchev–Trinajstić information content (AvgIpc) is 2.42. The number of benzene rings is 1. The fraction of sp³-hybridized carbons (Fsp3) is 0.562. The summed E-state index contributed by atoms with van der Waals surface area (Å²) in [6.07, 6.45) is 3.95. The van der Waals surface area contributed by atoms with Crippen LogP contribution >= 0.6 is 0 Å². The second-order valence-electron chi connectivity index (χ2n) is 5.44. The van der Waals surface area contributed by atoms with Crippen molar-refractivity contribution in [1.82, 2.24) is 5.32 Å². The fourth-order valence-electron chi connectivity index (χ4n) is 2.74. The van der Waals surface area contributed by atoms with Crippen molar-refractivity contribution in [2.45, 2.75) is 45.6 Å². The Hall–Kier alpha value is -1.35. The Labute approximate surface area is 115 Å². The highest BCUT2D eigenvalue weighted by atomic mass is 16.1. The summed E-state index contributed by atoms with van der Waals surface area (Å²) >= 11 is 0. The Morgan fingerprint density at radius 1 is 1.42 bits per heavy atom. The van der Waals surface area contributed by atoms with Crippen molar-refractivity contribution in [3.05, 3.63) is 29.8 Å². The maximum absolute atomic E-state index is 12.1. The second kappa shape index (κ2) is 6.71. The molecule has 0 saturated carbocycles. The lowest BCUT2D eigenvalue weighted by Gasteiger charge is -2.29. The zero-order valence-corrected chi connectivity index (χ0v) is 11.9. The van der Waals surface area contributed by atoms with Crippen molar-refractivity contribution >= 4 is 11.6 Å². The highest BCUT2D eigenvalue weighted by Gasteiger charge is 2.23. The molecule has 3 nitrogen and oxygen atoms in total. The summed E-state index contributed by atoms with van der Waals surface area (Å²) in [7, 11) is 0. The van der Waals surface area contributed by atoms with Gasteiger partial charge in [0, 0.05) is 18.2 Å². The van der Waals surface area contributed by atoms with E-state index in [1.807, 2.05) is 18.2 Å². The number of amides is 1. The predicted molar refractivity (Wildman–Crippen MR) is 79.3 cm³/mol. The summed E-state index contributed by atoms with van der Waals surface area (Å²) in [4.78, 5) is 12.1. The maximum Gasteiger partial charge on any atom is 0.225 e. The molecule has 1 aromatic rings. The minimum absolute atomic E-state index is 0.118. The average molecular weight is 260 g/mol. The molecule has 1 aliphatic rings. The van der Waals surface area contributed by atoms with E-state index in [0.29, 0.717) is 18.4 Å². The van der Waals surface area contributed by atoms with Crippen molar-refractivity contribution in [3.8, 4) is 0 Å². The highest BCUT2D eigenvalue weighted by molar-refractivity contribution is 5.91. The molecule has 1 heterocycles. The van der Waals surface area contributed by atoms with Crippen LogP contribution in [-0.4, -0.2) is 18.5 Å². The molecule has 2 N–H and O–H groups in total. The molecule has 1 aromatic carbocycles. The summed E-state index contributed by atoms with van der Waals surface area (Å²) in [5.41, 5.74) is 2.15. The van der Waals surface area contributed by atoms with Gasteiger partial charge in [-0.2, -0.15) is 0 Å². The molecule has 0 spiro atoms. The topological polar surface area (TPSA) is 41.1 Å². The first kappa shape index (κ1) is 14.1. The number of aryl methyl sites for hydroxylation is 1. The number of rotatable bonds is 4. The van der Waals surface area contributed by atoms with E-state index in [1.165, 1.54) is 18.4 Å². The molecule has 3 heteroatoms. The molecule has 1 fully saturated rings. The van der Waals surface area contributed by atoms with Crippen molar-refractivity contribution < 1.29 is 4.79 Å². The zero-order valence-electron chi connectivity index (χ0n) is 11.9. The second-order valence-corrected chi connectivity index (χ2v) is 5.44. The van der Waals surface area contributed by atoms with Crippen molar-refractivity contribution in [2.75, 3.05) is 11.9 Å². The molecule has 0 aromatic heterocycles. The van der Waals surface area contributed by atoms with Crippen LogP contribution < -0.4 is 10.6 Å². The van der Waals surface area contributed by atoms with Gasteiger partial charge in [-0.1, -0.05) is 32.0 Å². The Morgan fingerprint density at radius 2 is 2.21 bits per heavy atom. The molecule has 0 aliphatic carbocycles. The van der Waals surface area contributed by atoms with Crippen LogP contribution in [0.15, 0.2) is 24.3 Å². The van der Waals surface area contributed by atoms with E-state index in [-0.39, 0.29) is 5.91 Å². The summed E-state index contributed by atoms with van der Waals surface area (Å²) in [6.45, 7) is 5.37. The first-order valence-electron chi connectivity index (χ1n) is 7.32. The third-order valence-electron chi connectivity index (χ3n) is 4.01. The van der Waals surface area contributed by atoms with Crippen molar-refractivity contribution in [1.29, 1.82) is 0 Å². The molecular weight excluding hydrogens is 236 g/mol. The first-order valence-corrected chi connectivity index (χ1v) is 7.32. The monoisotopic (exact) mass is 260 g/mol. The Bertz CT molecular complexity index is 431. The van der Waals surface area contributed by atoms with Gasteiger partial charge in [-0.25, -0.2) is 0 Å². The number of para-hydroxylation sites is 1. The third-order valence-corrected chi connectivity index (χ3v) is 4.01. The van der Waals surface area contributed by atoms with Crippen LogP contribution in [0.4, 0.5) is 5.69 Å². The quantitative estimate of drug-likeness (QED) is 0.874. The lowest BCUT2D eigenvalue weighted by Crippen LogP contribution is -2.42. The molecular formula is C16H24N2O. The molecule has 104 valence electrons. The lowest BCUT2D eigenvalue weighted by atomic mass is 9.90. The van der Waals surface area contributed by atoms with Crippen LogP contribution in [0.5, 0.6) is 0 Å². The van der Waals surface area contributed by atoms with Crippen LogP contribution in [-0.2, 0) is 11.2 Å². The number of anilines is 1. The number of carbonyl (C=O) groups excluding carboxylic acids is 1. The number of hydrogen-bond donors (Lipinski definition) is 2. The van der Waals surface area contributed by atoms with Crippen LogP contribution in [0.2, 0.25) is 0 Å². The SMILES string of the molecule is CCc1ccccc1NC(=O)CC1NCCCC1C. The predicted octanol–water partition coefficient (Wildman–Crippen LogP) is 2.97. The molecule has 1 saturated heterocycles. The molecule has 1 amide bonds. The van der Waals surface area contributed by atoms with Gasteiger partial charge >= 0.3 is 0 Å². The van der Waals surface area contributed by atoms with Gasteiger partial charge < -0.3 is 10.6 Å². The van der Waals surface area contributed by atoms with Gasteiger partial charge in [-0.15, -0.1) is 0 Å². The Morgan fingerprint density at radius 3 is 2.95 bits per heavy atom. The van der Waals surface area contributed by atoms with E-state index in [9.17, 15) is 4.79 Å². The van der Waals surface area contributed by atoms with Gasteiger partial charge in [-0.05, 0) is 43.4 Å². The van der Waals surface area contributed by atoms with Crippen molar-refractivity contribution in [2.24, 2.45) is 5.92 Å². The maximum atomic E-state index is 12.1. The summed E-state index contributed by atoms with van der Waals surface area (Å²) in [5, 5.41) is 6.50. The smallest absolute Gasteiger partial charge is 0.225 e. The number of nitrogens with one attached hydrogen (secondary N) is 2. The Balaban J connectivity index is 1.93. The molecule has 19 heavy (non-hydrogen) atoms. The van der Waals surface area contributed by atoms with E-state index in [2.05, 4.69) is 30.5 Å². The fourth-order valence-corrected chi connectivity index (χ4v) is 2.74. The molecule has 0 bridgehead atoms. The molecule has 0 radical (unpaired) electrons. The van der Waals surface area contributed by atoms with E-state index in [0.717, 1.165) is 18.7 Å². The zero-order chi connectivity index (χ0) is 13.7. The van der Waals surface area contributed by atoms with Gasteiger partial charge in [0.2, 0.25) is 5.91 Å². The van der Waals surface area contributed by atoms with E-state index in [1.54, 1.807) is 0 Å². The van der Waals surface area contributed by atoms with E-state index in [4.69, 9.17) is 0 Å². The van der Waals surface area contributed by atoms with Crippen LogP contribution in [0.25, 0.3) is 0 Å². The van der Waals surface area contributed by atoms with Crippen LogP contribution in [0.1, 0.15) is 38.7 Å². The van der Waals surface area contributed by atoms with E-state index < -0.39 is 0 Å². The summed E-state index contributed by atoms with van der Waals surface area (Å²) < 4.78 is 0. The minimum Gasteiger partial charge on any atom is -0.326 e. The lowest BCUT2D eigenvalue weighted by molar-refractivity contribution is -0.117. The van der Waals surface area contributed by atoms with E-state index >= 15 is 0 Å². The third kappa shape index (κ3) is 3.80. The number of piperidine rings is 1. The first-order chi connectivity index (χ1) is 9.20. The van der Waals surface area contributed by atoms with Gasteiger partial charge in [0.25, 0.3) is 0 Å².